The Kier molecular flexibility index (Phi) is 15.0. The van der Waals surface area contributed by atoms with E-state index in [2.05, 4.69) is 5.32 Å². The van der Waals surface area contributed by atoms with Gasteiger partial charge in [0, 0.05) is 19.3 Å². The van der Waals surface area contributed by atoms with Crippen molar-refractivity contribution in [3.05, 3.63) is 0 Å². The van der Waals surface area contributed by atoms with E-state index in [0.717, 1.165) is 0 Å². The molecule has 0 bridgehead atoms. The Morgan fingerprint density at radius 3 is 2.43 bits per heavy atom. The summed E-state index contributed by atoms with van der Waals surface area (Å²) in [6.45, 7) is 1.94. The lowest BCUT2D eigenvalue weighted by atomic mass is 10.1. The van der Waals surface area contributed by atoms with Gasteiger partial charge in [-0.1, -0.05) is 0 Å². The molecule has 0 aliphatic carbocycles. The van der Waals surface area contributed by atoms with Crippen LogP contribution in [0, 0.1) is 0 Å². The molecule has 0 aromatic rings. The lowest BCUT2D eigenvalue weighted by Crippen LogP contribution is -2.47. The molecule has 0 fully saturated rings. The predicted molar refractivity (Wildman–Crippen MR) is 85.0 cm³/mol. The second-order valence-electron chi connectivity index (χ2n) is 4.66. The van der Waals surface area contributed by atoms with Gasteiger partial charge in [0.1, 0.15) is 19.3 Å². The van der Waals surface area contributed by atoms with Gasteiger partial charge in [-0.15, -0.1) is 12.4 Å². The molecule has 2 amide bonds. The molecule has 0 aliphatic heterocycles. The van der Waals surface area contributed by atoms with Crippen LogP contribution < -0.4 is 16.8 Å². The number of nitrogens with two attached hydrogens (primary N) is 2. The molecule has 0 radical (unpaired) electrons. The van der Waals surface area contributed by atoms with Crippen molar-refractivity contribution in [1.29, 1.82) is 0 Å². The largest absolute Gasteiger partial charge is 0.382 e. The number of primary amides is 1. The summed E-state index contributed by atoms with van der Waals surface area (Å²) in [5, 5.41) is 12.0. The molecular weight excluding hydrogens is 330 g/mol. The van der Waals surface area contributed by atoms with Crippen molar-refractivity contribution >= 4 is 30.0 Å². The standard InChI is InChI=1S/C13H25N3O6.ClH/c1-2-21-5-3-4-10(14)12(19)13(20)16-6-9(17)7-22-8-11(15)18;/h10,12,19H,2-8,14H2,1H3,(H2,15,18)(H,16,20);1H. The van der Waals surface area contributed by atoms with Gasteiger partial charge in [-0.3, -0.25) is 14.4 Å². The fourth-order valence-corrected chi connectivity index (χ4v) is 1.52. The number of amides is 2. The zero-order chi connectivity index (χ0) is 17.0. The van der Waals surface area contributed by atoms with Crippen molar-refractivity contribution in [2.75, 3.05) is 33.0 Å². The first-order valence-electron chi connectivity index (χ1n) is 7.05. The predicted octanol–water partition coefficient (Wildman–Crippen LogP) is -1.90. The van der Waals surface area contributed by atoms with Crippen LogP contribution in [-0.2, 0) is 23.9 Å². The van der Waals surface area contributed by atoms with Crippen molar-refractivity contribution in [1.82, 2.24) is 5.32 Å². The quantitative estimate of drug-likeness (QED) is 0.281. The smallest absolute Gasteiger partial charge is 0.250 e. The molecule has 10 heteroatoms. The number of hydrogen-bond donors (Lipinski definition) is 4. The lowest BCUT2D eigenvalue weighted by molar-refractivity contribution is -0.134. The Hall–Kier alpha value is -1.26. The number of halogens is 1. The molecule has 23 heavy (non-hydrogen) atoms. The van der Waals surface area contributed by atoms with E-state index in [0.29, 0.717) is 26.1 Å². The third kappa shape index (κ3) is 12.9. The molecule has 0 aromatic carbocycles. The normalized spacial score (nSPS) is 12.8. The third-order valence-electron chi connectivity index (χ3n) is 2.67. The molecule has 2 unspecified atom stereocenters. The molecule has 0 rings (SSSR count). The molecule has 136 valence electrons. The van der Waals surface area contributed by atoms with Crippen LogP contribution >= 0.6 is 12.4 Å². The molecule has 0 saturated heterocycles. The van der Waals surface area contributed by atoms with Gasteiger partial charge in [0.05, 0.1) is 6.54 Å². The number of rotatable bonds is 13. The zero-order valence-electron chi connectivity index (χ0n) is 13.2. The number of hydrogen-bond acceptors (Lipinski definition) is 7. The highest BCUT2D eigenvalue weighted by atomic mass is 35.5. The number of aliphatic hydroxyl groups is 1. The Morgan fingerprint density at radius 2 is 1.87 bits per heavy atom. The summed E-state index contributed by atoms with van der Waals surface area (Å²) in [5.41, 5.74) is 10.5. The minimum absolute atomic E-state index is 0. The number of carbonyl (C=O) groups excluding carboxylic acids is 3. The fraction of sp³-hybridized carbons (Fsp3) is 0.769. The van der Waals surface area contributed by atoms with Crippen LogP contribution in [0.3, 0.4) is 0 Å². The van der Waals surface area contributed by atoms with Crippen LogP contribution in [0.5, 0.6) is 0 Å². The van der Waals surface area contributed by atoms with Crippen LogP contribution in [0.2, 0.25) is 0 Å². The summed E-state index contributed by atoms with van der Waals surface area (Å²) in [6, 6.07) is -0.735. The van der Waals surface area contributed by atoms with E-state index in [1.54, 1.807) is 0 Å². The Bertz CT molecular complexity index is 370. The first-order chi connectivity index (χ1) is 10.4. The second-order valence-corrected chi connectivity index (χ2v) is 4.66. The van der Waals surface area contributed by atoms with Gasteiger partial charge in [-0.25, -0.2) is 0 Å². The van der Waals surface area contributed by atoms with E-state index in [1.807, 2.05) is 6.92 Å². The summed E-state index contributed by atoms with van der Waals surface area (Å²) in [6.07, 6.45) is -0.357. The highest BCUT2D eigenvalue weighted by Gasteiger charge is 2.22. The molecule has 0 spiro atoms. The van der Waals surface area contributed by atoms with E-state index in [9.17, 15) is 19.5 Å². The van der Waals surface area contributed by atoms with Crippen LogP contribution in [0.15, 0.2) is 0 Å². The summed E-state index contributed by atoms with van der Waals surface area (Å²) in [5.74, 6) is -1.87. The van der Waals surface area contributed by atoms with Gasteiger partial charge in [0.25, 0.3) is 5.91 Å². The highest BCUT2D eigenvalue weighted by molar-refractivity contribution is 5.88. The van der Waals surface area contributed by atoms with E-state index < -0.39 is 29.7 Å². The molecule has 9 nitrogen and oxygen atoms in total. The van der Waals surface area contributed by atoms with Gasteiger partial charge in [-0.05, 0) is 19.8 Å². The van der Waals surface area contributed by atoms with Gasteiger partial charge in [0.15, 0.2) is 5.78 Å². The van der Waals surface area contributed by atoms with Crippen molar-refractivity contribution in [2.24, 2.45) is 11.5 Å². The number of carbonyl (C=O) groups is 3. The average Bonchev–Trinajstić information content (AvgIpc) is 2.47. The number of ether oxygens (including phenoxy) is 2. The maximum absolute atomic E-state index is 11.6. The van der Waals surface area contributed by atoms with Gasteiger partial charge >= 0.3 is 0 Å². The summed E-state index contributed by atoms with van der Waals surface area (Å²) >= 11 is 0. The maximum Gasteiger partial charge on any atom is 0.250 e. The van der Waals surface area contributed by atoms with E-state index in [-0.39, 0.29) is 32.2 Å². The Balaban J connectivity index is 0. The summed E-state index contributed by atoms with van der Waals surface area (Å²) < 4.78 is 9.82. The van der Waals surface area contributed by atoms with Crippen LogP contribution in [0.4, 0.5) is 0 Å². The minimum Gasteiger partial charge on any atom is -0.382 e. The van der Waals surface area contributed by atoms with Crippen molar-refractivity contribution < 1.29 is 29.0 Å². The molecule has 0 aromatic heterocycles. The number of Topliss-reactive ketones (excluding diaryl/α,β-unsaturated/α-hetero) is 1. The molecule has 2 atom stereocenters. The van der Waals surface area contributed by atoms with Crippen LogP contribution in [-0.4, -0.2) is 67.8 Å². The van der Waals surface area contributed by atoms with Gasteiger partial charge in [-0.2, -0.15) is 0 Å². The van der Waals surface area contributed by atoms with Crippen LogP contribution in [0.25, 0.3) is 0 Å². The van der Waals surface area contributed by atoms with Gasteiger partial charge in [0.2, 0.25) is 5.91 Å². The minimum atomic E-state index is -1.40. The number of nitrogens with one attached hydrogen (secondary N) is 1. The summed E-state index contributed by atoms with van der Waals surface area (Å²) in [7, 11) is 0. The van der Waals surface area contributed by atoms with Crippen LogP contribution in [0.1, 0.15) is 19.8 Å². The average molecular weight is 356 g/mol. The number of aliphatic hydroxyl groups excluding tert-OH is 1. The molecule has 0 saturated carbocycles. The topological polar surface area (TPSA) is 154 Å². The Labute approximate surface area is 141 Å². The van der Waals surface area contributed by atoms with E-state index in [4.69, 9.17) is 20.9 Å². The zero-order valence-corrected chi connectivity index (χ0v) is 14.0. The van der Waals surface area contributed by atoms with Gasteiger partial charge < -0.3 is 31.4 Å². The monoisotopic (exact) mass is 355 g/mol. The second kappa shape index (κ2) is 14.3. The lowest BCUT2D eigenvalue weighted by Gasteiger charge is -2.18. The first-order valence-corrected chi connectivity index (χ1v) is 7.05. The molecule has 6 N–H and O–H groups in total. The van der Waals surface area contributed by atoms with Crippen molar-refractivity contribution in [3.63, 3.8) is 0 Å². The summed E-state index contributed by atoms with van der Waals surface area (Å²) in [4.78, 5) is 33.4. The van der Waals surface area contributed by atoms with E-state index >= 15 is 0 Å². The SMILES string of the molecule is CCOCCCC(N)C(O)C(=O)NCC(=O)COCC(N)=O.Cl. The fourth-order valence-electron chi connectivity index (χ4n) is 1.52. The highest BCUT2D eigenvalue weighted by Crippen LogP contribution is 2.01. The molecular formula is C13H26ClN3O6. The first kappa shape index (κ1) is 24.0. The number of ketones is 1. The maximum atomic E-state index is 11.6. The third-order valence-corrected chi connectivity index (χ3v) is 2.67. The van der Waals surface area contributed by atoms with E-state index in [1.165, 1.54) is 0 Å². The molecule has 0 heterocycles. The Morgan fingerprint density at radius 1 is 1.22 bits per heavy atom. The molecule has 0 aliphatic rings. The van der Waals surface area contributed by atoms with Crippen molar-refractivity contribution in [3.8, 4) is 0 Å². The van der Waals surface area contributed by atoms with Crippen molar-refractivity contribution in [2.45, 2.75) is 31.9 Å².